The van der Waals surface area contributed by atoms with E-state index in [4.69, 9.17) is 11.3 Å². The number of primary amides is 1. The van der Waals surface area contributed by atoms with Crippen LogP contribution in [0.4, 0.5) is 10.1 Å². The smallest absolute Gasteiger partial charge is 0.250 e. The fraction of sp³-hybridized carbons (Fsp3) is 0. The van der Waals surface area contributed by atoms with Gasteiger partial charge in [-0.15, -0.1) is 0 Å². The van der Waals surface area contributed by atoms with Gasteiger partial charge >= 0.3 is 0 Å². The molecule has 0 unspecified atom stereocenters. The van der Waals surface area contributed by atoms with E-state index in [0.717, 1.165) is 12.1 Å². The summed E-state index contributed by atoms with van der Waals surface area (Å²) in [5.41, 5.74) is 11.6. The summed E-state index contributed by atoms with van der Waals surface area (Å²) in [5, 5.41) is 2.96. The third kappa shape index (κ3) is 1.45. The zero-order valence-corrected chi connectivity index (χ0v) is 6.04. The van der Waals surface area contributed by atoms with Crippen molar-refractivity contribution in [3.05, 3.63) is 29.6 Å². The minimum Gasteiger partial charge on any atom is -0.366 e. The second-order valence-electron chi connectivity index (χ2n) is 2.14. The van der Waals surface area contributed by atoms with Gasteiger partial charge in [-0.25, -0.2) is 9.92 Å². The molecule has 1 amide bonds. The van der Waals surface area contributed by atoms with Crippen molar-refractivity contribution in [3.63, 3.8) is 0 Å². The Kier molecular flexibility index (Phi) is 2.14. The van der Waals surface area contributed by atoms with Crippen molar-refractivity contribution in [2.24, 2.45) is 10.8 Å². The Hall–Kier alpha value is -1.78. The van der Waals surface area contributed by atoms with E-state index in [-0.39, 0.29) is 11.3 Å². The van der Waals surface area contributed by atoms with Crippen LogP contribution in [0.5, 0.6) is 0 Å². The number of carbonyl (C=O) groups is 1. The molecule has 0 fully saturated rings. The molecule has 0 atom stereocenters. The molecule has 5 heteroatoms. The first-order chi connectivity index (χ1) is 5.65. The van der Waals surface area contributed by atoms with E-state index in [1.807, 2.05) is 0 Å². The molecule has 0 aliphatic carbocycles. The number of carbonyl (C=O) groups excluding carboxylic acids is 1. The Morgan fingerprint density at radius 2 is 2.25 bits per heavy atom. The fourth-order valence-electron chi connectivity index (χ4n) is 0.806. The van der Waals surface area contributed by atoms with E-state index in [1.165, 1.54) is 6.07 Å². The van der Waals surface area contributed by atoms with Crippen LogP contribution in [-0.2, 0) is 0 Å². The first kappa shape index (κ1) is 8.32. The molecule has 0 saturated carbocycles. The molecule has 1 aromatic rings. The minimum absolute atomic E-state index is 0.0476. The number of hydrogen-bond donors (Lipinski definition) is 2. The molecule has 0 aliphatic rings. The van der Waals surface area contributed by atoms with Crippen LogP contribution in [0.15, 0.2) is 23.3 Å². The van der Waals surface area contributed by atoms with Crippen molar-refractivity contribution in [1.29, 1.82) is 5.53 Å². The van der Waals surface area contributed by atoms with Crippen LogP contribution in [-0.4, -0.2) is 5.91 Å². The third-order valence-corrected chi connectivity index (χ3v) is 1.35. The van der Waals surface area contributed by atoms with E-state index in [9.17, 15) is 9.18 Å². The van der Waals surface area contributed by atoms with Gasteiger partial charge in [-0.2, -0.15) is 5.11 Å². The number of amides is 1. The molecule has 0 aliphatic heterocycles. The summed E-state index contributed by atoms with van der Waals surface area (Å²) in [6.45, 7) is 0. The highest BCUT2D eigenvalue weighted by atomic mass is 19.1. The Bertz CT molecular complexity index is 337. The summed E-state index contributed by atoms with van der Waals surface area (Å²) in [7, 11) is 0. The lowest BCUT2D eigenvalue weighted by molar-refractivity contribution is 0.100. The summed E-state index contributed by atoms with van der Waals surface area (Å²) in [6, 6.07) is 3.27. The molecule has 12 heavy (non-hydrogen) atoms. The van der Waals surface area contributed by atoms with E-state index >= 15 is 0 Å². The molecular weight excluding hydrogens is 161 g/mol. The molecule has 0 bridgehead atoms. The van der Waals surface area contributed by atoms with E-state index < -0.39 is 11.7 Å². The topological polar surface area (TPSA) is 79.3 Å². The largest absolute Gasteiger partial charge is 0.366 e. The molecule has 1 rings (SSSR count). The first-order valence-electron chi connectivity index (χ1n) is 3.12. The molecule has 0 saturated heterocycles. The lowest BCUT2D eigenvalue weighted by Gasteiger charge is -1.98. The lowest BCUT2D eigenvalue weighted by atomic mass is 10.2. The molecule has 1 aromatic carbocycles. The average Bonchev–Trinajstić information content (AvgIpc) is 2.03. The third-order valence-electron chi connectivity index (χ3n) is 1.35. The van der Waals surface area contributed by atoms with Gasteiger partial charge in [0.2, 0.25) is 0 Å². The zero-order chi connectivity index (χ0) is 9.14. The van der Waals surface area contributed by atoms with Gasteiger partial charge in [0.05, 0.1) is 5.56 Å². The second-order valence-corrected chi connectivity index (χ2v) is 2.14. The molecule has 62 valence electrons. The number of benzene rings is 1. The Labute approximate surface area is 67.7 Å². The van der Waals surface area contributed by atoms with Gasteiger partial charge in [-0.05, 0) is 12.1 Å². The highest BCUT2D eigenvalue weighted by Gasteiger charge is 2.07. The van der Waals surface area contributed by atoms with Gasteiger partial charge < -0.3 is 5.73 Å². The maximum Gasteiger partial charge on any atom is 0.250 e. The van der Waals surface area contributed by atoms with Gasteiger partial charge in [0.1, 0.15) is 11.5 Å². The van der Waals surface area contributed by atoms with Gasteiger partial charge in [-0.3, -0.25) is 4.79 Å². The molecule has 0 aromatic heterocycles. The van der Waals surface area contributed by atoms with Crippen molar-refractivity contribution in [1.82, 2.24) is 0 Å². The van der Waals surface area contributed by atoms with Crippen molar-refractivity contribution < 1.29 is 9.18 Å². The van der Waals surface area contributed by atoms with E-state index in [2.05, 4.69) is 5.11 Å². The number of nitrogens with two attached hydrogens (primary N) is 1. The zero-order valence-electron chi connectivity index (χ0n) is 6.04. The van der Waals surface area contributed by atoms with Crippen LogP contribution < -0.4 is 5.73 Å². The van der Waals surface area contributed by atoms with E-state index in [0.29, 0.717) is 0 Å². The predicted octanol–water partition coefficient (Wildman–Crippen LogP) is 1.59. The first-order valence-corrected chi connectivity index (χ1v) is 3.12. The standard InChI is InChI=1S/C7H6FN3O/c8-4-1-2-5(7(9)12)6(3-4)11-10/h1-3,10H,(H2,9,12). The van der Waals surface area contributed by atoms with Gasteiger partial charge in [0, 0.05) is 6.07 Å². The van der Waals surface area contributed by atoms with Crippen molar-refractivity contribution >= 4 is 11.6 Å². The summed E-state index contributed by atoms with van der Waals surface area (Å²) >= 11 is 0. The predicted molar refractivity (Wildman–Crippen MR) is 39.7 cm³/mol. The quantitative estimate of drug-likeness (QED) is 0.644. The number of hydrogen-bond acceptors (Lipinski definition) is 3. The fourth-order valence-corrected chi connectivity index (χ4v) is 0.806. The number of halogens is 1. The highest BCUT2D eigenvalue weighted by Crippen LogP contribution is 2.19. The van der Waals surface area contributed by atoms with Crippen molar-refractivity contribution in [3.8, 4) is 0 Å². The number of nitrogens with one attached hydrogen (secondary N) is 1. The normalized spacial score (nSPS) is 9.42. The molecule has 0 radical (unpaired) electrons. The van der Waals surface area contributed by atoms with Crippen molar-refractivity contribution in [2.45, 2.75) is 0 Å². The highest BCUT2D eigenvalue weighted by molar-refractivity contribution is 5.97. The summed E-state index contributed by atoms with van der Waals surface area (Å²) in [5.74, 6) is -1.27. The average molecular weight is 167 g/mol. The molecular formula is C7H6FN3O. The second kappa shape index (κ2) is 3.08. The van der Waals surface area contributed by atoms with E-state index in [1.54, 1.807) is 0 Å². The maximum absolute atomic E-state index is 12.5. The van der Waals surface area contributed by atoms with Crippen LogP contribution in [0.2, 0.25) is 0 Å². The van der Waals surface area contributed by atoms with Crippen LogP contribution in [0, 0.1) is 11.3 Å². The SMILES string of the molecule is N=Nc1cc(F)ccc1C(N)=O. The van der Waals surface area contributed by atoms with Gasteiger partial charge in [-0.1, -0.05) is 0 Å². The van der Waals surface area contributed by atoms with Gasteiger partial charge in [0.15, 0.2) is 0 Å². The molecule has 0 spiro atoms. The molecule has 3 N–H and O–H groups in total. The summed E-state index contributed by atoms with van der Waals surface area (Å²) in [4.78, 5) is 10.6. The Morgan fingerprint density at radius 1 is 1.58 bits per heavy atom. The Morgan fingerprint density at radius 3 is 2.75 bits per heavy atom. The van der Waals surface area contributed by atoms with Crippen LogP contribution in [0.3, 0.4) is 0 Å². The van der Waals surface area contributed by atoms with Crippen LogP contribution >= 0.6 is 0 Å². The van der Waals surface area contributed by atoms with Gasteiger partial charge in [0.25, 0.3) is 5.91 Å². The monoisotopic (exact) mass is 167 g/mol. The summed E-state index contributed by atoms with van der Waals surface area (Å²) < 4.78 is 12.5. The summed E-state index contributed by atoms with van der Waals surface area (Å²) in [6.07, 6.45) is 0. The lowest BCUT2D eigenvalue weighted by Crippen LogP contribution is -2.10. The Balaban J connectivity index is 3.29. The number of rotatable bonds is 2. The van der Waals surface area contributed by atoms with Crippen molar-refractivity contribution in [2.75, 3.05) is 0 Å². The molecule has 4 nitrogen and oxygen atoms in total. The minimum atomic E-state index is -0.721. The molecule has 0 heterocycles. The maximum atomic E-state index is 12.5. The van der Waals surface area contributed by atoms with Crippen LogP contribution in [0.25, 0.3) is 0 Å². The number of nitrogens with zero attached hydrogens (tertiary/aromatic N) is 1. The van der Waals surface area contributed by atoms with Crippen LogP contribution in [0.1, 0.15) is 10.4 Å².